The molecule has 0 aromatic heterocycles. The first-order valence-electron chi connectivity index (χ1n) is 8.58. The molecular formula is C18H27N3O. The number of carbonyl (C=O) groups excluding carboxylic acids is 1. The van der Waals surface area contributed by atoms with E-state index >= 15 is 0 Å². The molecule has 2 fully saturated rings. The number of likely N-dealkylation sites (tertiary alicyclic amines) is 1. The summed E-state index contributed by atoms with van der Waals surface area (Å²) in [6.45, 7) is 5.15. The minimum atomic E-state index is 0.0539. The number of nitrogens with zero attached hydrogens (tertiary/aromatic N) is 1. The van der Waals surface area contributed by atoms with Crippen molar-refractivity contribution in [3.8, 4) is 0 Å². The molecule has 2 aliphatic heterocycles. The molecule has 1 unspecified atom stereocenters. The highest BCUT2D eigenvalue weighted by Gasteiger charge is 2.24. The number of amides is 1. The maximum atomic E-state index is 12.0. The second kappa shape index (κ2) is 7.75. The van der Waals surface area contributed by atoms with Crippen LogP contribution in [0.15, 0.2) is 30.3 Å². The van der Waals surface area contributed by atoms with E-state index in [1.54, 1.807) is 0 Å². The zero-order valence-electron chi connectivity index (χ0n) is 13.3. The van der Waals surface area contributed by atoms with Gasteiger partial charge in [0.2, 0.25) is 5.91 Å². The maximum Gasteiger partial charge on any atom is 0.237 e. The molecule has 2 heterocycles. The van der Waals surface area contributed by atoms with Crippen molar-refractivity contribution >= 4 is 5.91 Å². The molecule has 1 aromatic rings. The smallest absolute Gasteiger partial charge is 0.237 e. The highest BCUT2D eigenvalue weighted by Crippen LogP contribution is 2.18. The largest absolute Gasteiger partial charge is 0.354 e. The van der Waals surface area contributed by atoms with Crippen molar-refractivity contribution in [3.05, 3.63) is 35.9 Å². The normalized spacial score (nSPS) is 23.5. The molecule has 0 radical (unpaired) electrons. The fraction of sp³-hybridized carbons (Fsp3) is 0.611. The Morgan fingerprint density at radius 2 is 1.95 bits per heavy atom. The van der Waals surface area contributed by atoms with Gasteiger partial charge in [0.25, 0.3) is 0 Å². The molecule has 22 heavy (non-hydrogen) atoms. The summed E-state index contributed by atoms with van der Waals surface area (Å²) >= 11 is 0. The van der Waals surface area contributed by atoms with Crippen LogP contribution in [-0.4, -0.2) is 43.0 Å². The number of hydrogen-bond acceptors (Lipinski definition) is 3. The lowest BCUT2D eigenvalue weighted by atomic mass is 9.96. The second-order valence-corrected chi connectivity index (χ2v) is 6.60. The molecular weight excluding hydrogens is 274 g/mol. The zero-order valence-corrected chi connectivity index (χ0v) is 13.3. The summed E-state index contributed by atoms with van der Waals surface area (Å²) < 4.78 is 0. The first-order valence-corrected chi connectivity index (χ1v) is 8.58. The number of rotatable bonds is 5. The third-order valence-corrected chi connectivity index (χ3v) is 4.90. The van der Waals surface area contributed by atoms with E-state index in [2.05, 4.69) is 45.9 Å². The molecule has 1 aromatic carbocycles. The van der Waals surface area contributed by atoms with E-state index in [1.165, 1.54) is 18.4 Å². The summed E-state index contributed by atoms with van der Waals surface area (Å²) in [7, 11) is 0. The second-order valence-electron chi connectivity index (χ2n) is 6.60. The molecule has 0 spiro atoms. The first-order chi connectivity index (χ1) is 10.8. The van der Waals surface area contributed by atoms with Gasteiger partial charge in [0.15, 0.2) is 0 Å². The van der Waals surface area contributed by atoms with Gasteiger partial charge in [-0.05, 0) is 56.8 Å². The molecule has 120 valence electrons. The number of nitrogens with one attached hydrogen (secondary N) is 2. The van der Waals surface area contributed by atoms with Crippen LogP contribution in [-0.2, 0) is 11.3 Å². The average molecular weight is 301 g/mol. The molecule has 0 bridgehead atoms. The highest BCUT2D eigenvalue weighted by molar-refractivity contribution is 5.81. The van der Waals surface area contributed by atoms with Crippen molar-refractivity contribution in [2.75, 3.05) is 26.2 Å². The third-order valence-electron chi connectivity index (χ3n) is 4.90. The number of piperidine rings is 1. The van der Waals surface area contributed by atoms with Crippen LogP contribution in [0.25, 0.3) is 0 Å². The predicted octanol–water partition coefficient (Wildman–Crippen LogP) is 1.77. The topological polar surface area (TPSA) is 44.4 Å². The Hall–Kier alpha value is -1.39. The van der Waals surface area contributed by atoms with Crippen LogP contribution in [0.2, 0.25) is 0 Å². The van der Waals surface area contributed by atoms with Gasteiger partial charge in [-0.2, -0.15) is 0 Å². The van der Waals surface area contributed by atoms with Crippen LogP contribution < -0.4 is 10.6 Å². The highest BCUT2D eigenvalue weighted by atomic mass is 16.2. The van der Waals surface area contributed by atoms with Gasteiger partial charge in [0, 0.05) is 13.1 Å². The molecule has 3 rings (SSSR count). The van der Waals surface area contributed by atoms with E-state index < -0.39 is 0 Å². The number of benzene rings is 1. The van der Waals surface area contributed by atoms with Crippen LogP contribution in [0.5, 0.6) is 0 Å². The fourth-order valence-electron chi connectivity index (χ4n) is 3.47. The van der Waals surface area contributed by atoms with Crippen molar-refractivity contribution in [3.63, 3.8) is 0 Å². The summed E-state index contributed by atoms with van der Waals surface area (Å²) in [6, 6.07) is 10.7. The molecule has 2 aliphatic rings. The molecule has 2 N–H and O–H groups in total. The molecule has 1 atom stereocenters. The Bertz CT molecular complexity index is 462. The van der Waals surface area contributed by atoms with Crippen LogP contribution in [0.3, 0.4) is 0 Å². The van der Waals surface area contributed by atoms with Crippen molar-refractivity contribution in [1.82, 2.24) is 15.5 Å². The minimum Gasteiger partial charge on any atom is -0.354 e. The molecule has 4 nitrogen and oxygen atoms in total. The van der Waals surface area contributed by atoms with Gasteiger partial charge in [0.1, 0.15) is 0 Å². The van der Waals surface area contributed by atoms with Gasteiger partial charge in [-0.1, -0.05) is 30.3 Å². The van der Waals surface area contributed by atoms with Crippen molar-refractivity contribution in [2.24, 2.45) is 5.92 Å². The molecule has 0 saturated carbocycles. The van der Waals surface area contributed by atoms with Gasteiger partial charge in [-0.15, -0.1) is 0 Å². The molecule has 2 saturated heterocycles. The Kier molecular flexibility index (Phi) is 5.46. The molecule has 1 amide bonds. The van der Waals surface area contributed by atoms with Crippen LogP contribution in [0.1, 0.15) is 31.2 Å². The Morgan fingerprint density at radius 3 is 2.64 bits per heavy atom. The van der Waals surface area contributed by atoms with Gasteiger partial charge >= 0.3 is 0 Å². The summed E-state index contributed by atoms with van der Waals surface area (Å²) in [5, 5.41) is 6.40. The summed E-state index contributed by atoms with van der Waals surface area (Å²) in [6.07, 6.45) is 4.48. The zero-order chi connectivity index (χ0) is 15.2. The Morgan fingerprint density at radius 1 is 1.18 bits per heavy atom. The minimum absolute atomic E-state index is 0.0539. The monoisotopic (exact) mass is 301 g/mol. The molecule has 4 heteroatoms. The van der Waals surface area contributed by atoms with Crippen molar-refractivity contribution < 1.29 is 4.79 Å². The number of carbonyl (C=O) groups is 1. The molecule has 0 aliphatic carbocycles. The lowest BCUT2D eigenvalue weighted by Gasteiger charge is -2.32. The number of hydrogen-bond donors (Lipinski definition) is 2. The van der Waals surface area contributed by atoms with E-state index in [4.69, 9.17) is 0 Å². The van der Waals surface area contributed by atoms with Gasteiger partial charge in [-0.3, -0.25) is 9.69 Å². The van der Waals surface area contributed by atoms with Crippen LogP contribution >= 0.6 is 0 Å². The van der Waals surface area contributed by atoms with E-state index in [0.717, 1.165) is 45.6 Å². The Balaban J connectivity index is 1.36. The average Bonchev–Trinajstić information content (AvgIpc) is 3.09. The summed E-state index contributed by atoms with van der Waals surface area (Å²) in [5.41, 5.74) is 1.39. The van der Waals surface area contributed by atoms with E-state index in [-0.39, 0.29) is 11.9 Å². The lowest BCUT2D eigenvalue weighted by molar-refractivity contribution is -0.123. The SMILES string of the molecule is O=C(NCC1CCN(Cc2ccccc2)CC1)C1CCCN1. The fourth-order valence-corrected chi connectivity index (χ4v) is 3.47. The standard InChI is InChI=1S/C18H27N3O/c22-18(17-7-4-10-19-17)20-13-15-8-11-21(12-9-15)14-16-5-2-1-3-6-16/h1-3,5-6,15,17,19H,4,7-14H2,(H,20,22). The van der Waals surface area contributed by atoms with Crippen LogP contribution in [0, 0.1) is 5.92 Å². The van der Waals surface area contributed by atoms with Gasteiger partial charge < -0.3 is 10.6 Å². The van der Waals surface area contributed by atoms with E-state index in [9.17, 15) is 4.79 Å². The van der Waals surface area contributed by atoms with Gasteiger partial charge in [0.05, 0.1) is 6.04 Å². The predicted molar refractivity (Wildman–Crippen MR) is 88.5 cm³/mol. The van der Waals surface area contributed by atoms with E-state index in [0.29, 0.717) is 5.92 Å². The van der Waals surface area contributed by atoms with Crippen LogP contribution in [0.4, 0.5) is 0 Å². The lowest BCUT2D eigenvalue weighted by Crippen LogP contribution is -2.44. The Labute approximate surface area is 133 Å². The summed E-state index contributed by atoms with van der Waals surface area (Å²) in [4.78, 5) is 14.5. The quantitative estimate of drug-likeness (QED) is 0.871. The maximum absolute atomic E-state index is 12.0. The van der Waals surface area contributed by atoms with Crippen molar-refractivity contribution in [1.29, 1.82) is 0 Å². The summed E-state index contributed by atoms with van der Waals surface area (Å²) in [5.74, 6) is 0.835. The first kappa shape index (κ1) is 15.5. The van der Waals surface area contributed by atoms with Crippen molar-refractivity contribution in [2.45, 2.75) is 38.3 Å². The van der Waals surface area contributed by atoms with Gasteiger partial charge in [-0.25, -0.2) is 0 Å². The van der Waals surface area contributed by atoms with E-state index in [1.807, 2.05) is 0 Å². The third kappa shape index (κ3) is 4.31.